The van der Waals surface area contributed by atoms with Crippen LogP contribution in [-0.2, 0) is 4.79 Å². The van der Waals surface area contributed by atoms with E-state index >= 15 is 0 Å². The number of carbonyl (C=O) groups excluding carboxylic acids is 1. The minimum Gasteiger partial charge on any atom is -0.503 e. The number of methoxy groups -OCH3 is 1. The molecule has 112 valence electrons. The lowest BCUT2D eigenvalue weighted by molar-refractivity contribution is -0.117. The van der Waals surface area contributed by atoms with E-state index in [1.165, 1.54) is 13.2 Å². The molecule has 0 radical (unpaired) electrons. The summed E-state index contributed by atoms with van der Waals surface area (Å²) in [5.41, 5.74) is 0.587. The van der Waals surface area contributed by atoms with Crippen LogP contribution >= 0.6 is 15.9 Å². The van der Waals surface area contributed by atoms with E-state index in [1.807, 2.05) is 13.0 Å². The van der Waals surface area contributed by atoms with Crippen LogP contribution in [0.5, 0.6) is 11.5 Å². The number of carbonyl (C=O) groups is 1. The van der Waals surface area contributed by atoms with Gasteiger partial charge in [-0.15, -0.1) is 0 Å². The van der Waals surface area contributed by atoms with Crippen molar-refractivity contribution in [2.24, 2.45) is 0 Å². The van der Waals surface area contributed by atoms with E-state index in [0.29, 0.717) is 16.6 Å². The van der Waals surface area contributed by atoms with Gasteiger partial charge in [0, 0.05) is 6.54 Å². The molecule has 0 aliphatic heterocycles. The molecule has 6 heteroatoms. The summed E-state index contributed by atoms with van der Waals surface area (Å²) in [6.45, 7) is 2.56. The number of aromatic hydroxyl groups is 1. The average Bonchev–Trinajstić information content (AvgIpc) is 2.48. The summed E-state index contributed by atoms with van der Waals surface area (Å²) in [5.74, 6) is -0.172. The SMILES string of the molecule is CCCCNC(=O)C(C#N)=Cc1cc(Br)c(O)c(OC)c1. The number of unbranched alkanes of at least 4 members (excludes halogenated alkanes) is 1. The number of phenols is 1. The van der Waals surface area contributed by atoms with E-state index in [0.717, 1.165) is 12.8 Å². The molecule has 1 rings (SSSR count). The highest BCUT2D eigenvalue weighted by molar-refractivity contribution is 9.10. The number of hydrogen-bond donors (Lipinski definition) is 2. The molecule has 0 aliphatic rings. The number of rotatable bonds is 6. The molecular formula is C15H17BrN2O3. The van der Waals surface area contributed by atoms with Crippen molar-refractivity contribution in [3.63, 3.8) is 0 Å². The van der Waals surface area contributed by atoms with E-state index in [-0.39, 0.29) is 17.1 Å². The summed E-state index contributed by atoms with van der Waals surface area (Å²) in [6.07, 6.45) is 3.28. The fourth-order valence-corrected chi connectivity index (χ4v) is 2.08. The fraction of sp³-hybridized carbons (Fsp3) is 0.333. The van der Waals surface area contributed by atoms with Gasteiger partial charge in [-0.2, -0.15) is 5.26 Å². The highest BCUT2D eigenvalue weighted by Crippen LogP contribution is 2.35. The fourth-order valence-electron chi connectivity index (χ4n) is 1.62. The van der Waals surface area contributed by atoms with Gasteiger partial charge in [-0.05, 0) is 46.1 Å². The van der Waals surface area contributed by atoms with Gasteiger partial charge < -0.3 is 15.2 Å². The maximum atomic E-state index is 11.9. The average molecular weight is 353 g/mol. The number of benzene rings is 1. The highest BCUT2D eigenvalue weighted by Gasteiger charge is 2.11. The molecule has 0 aliphatic carbocycles. The van der Waals surface area contributed by atoms with Crippen molar-refractivity contribution in [3.05, 3.63) is 27.7 Å². The molecule has 0 heterocycles. The van der Waals surface area contributed by atoms with Gasteiger partial charge in [-0.3, -0.25) is 4.79 Å². The van der Waals surface area contributed by atoms with E-state index < -0.39 is 5.91 Å². The summed E-state index contributed by atoms with van der Waals surface area (Å²) in [5, 5.41) is 21.5. The van der Waals surface area contributed by atoms with Crippen LogP contribution in [0.25, 0.3) is 6.08 Å². The molecule has 2 N–H and O–H groups in total. The van der Waals surface area contributed by atoms with Gasteiger partial charge >= 0.3 is 0 Å². The van der Waals surface area contributed by atoms with Crippen molar-refractivity contribution in [1.29, 1.82) is 5.26 Å². The van der Waals surface area contributed by atoms with Gasteiger partial charge in [-0.25, -0.2) is 0 Å². The van der Waals surface area contributed by atoms with Crippen molar-refractivity contribution in [1.82, 2.24) is 5.32 Å². The Morgan fingerprint density at radius 2 is 2.29 bits per heavy atom. The highest BCUT2D eigenvalue weighted by atomic mass is 79.9. The Kier molecular flexibility index (Phi) is 6.76. The molecular weight excluding hydrogens is 336 g/mol. The van der Waals surface area contributed by atoms with Gasteiger partial charge in [-0.1, -0.05) is 13.3 Å². The lowest BCUT2D eigenvalue weighted by Gasteiger charge is -2.07. The van der Waals surface area contributed by atoms with Crippen LogP contribution in [0.3, 0.4) is 0 Å². The number of amides is 1. The number of hydrogen-bond acceptors (Lipinski definition) is 4. The summed E-state index contributed by atoms with van der Waals surface area (Å²) >= 11 is 3.20. The topological polar surface area (TPSA) is 82.4 Å². The summed E-state index contributed by atoms with van der Waals surface area (Å²) in [6, 6.07) is 5.04. The molecule has 0 unspecified atom stereocenters. The second-order valence-electron chi connectivity index (χ2n) is 4.33. The van der Waals surface area contributed by atoms with Crippen LogP contribution in [0.2, 0.25) is 0 Å². The Bertz CT molecular complexity index is 591. The smallest absolute Gasteiger partial charge is 0.261 e. The molecule has 0 saturated heterocycles. The quantitative estimate of drug-likeness (QED) is 0.468. The van der Waals surface area contributed by atoms with Crippen molar-refractivity contribution in [3.8, 4) is 17.6 Å². The predicted molar refractivity (Wildman–Crippen MR) is 83.9 cm³/mol. The zero-order valence-electron chi connectivity index (χ0n) is 11.9. The van der Waals surface area contributed by atoms with Crippen LogP contribution < -0.4 is 10.1 Å². The van der Waals surface area contributed by atoms with Gasteiger partial charge in [0.2, 0.25) is 0 Å². The van der Waals surface area contributed by atoms with Crippen LogP contribution in [0.1, 0.15) is 25.3 Å². The lowest BCUT2D eigenvalue weighted by atomic mass is 10.1. The molecule has 1 amide bonds. The number of phenolic OH excluding ortho intramolecular Hbond substituents is 1. The van der Waals surface area contributed by atoms with Gasteiger partial charge in [0.15, 0.2) is 11.5 Å². The molecule has 0 saturated carbocycles. The third-order valence-electron chi connectivity index (χ3n) is 2.76. The van der Waals surface area contributed by atoms with E-state index in [1.54, 1.807) is 12.1 Å². The number of ether oxygens (including phenoxy) is 1. The third-order valence-corrected chi connectivity index (χ3v) is 3.37. The maximum Gasteiger partial charge on any atom is 0.261 e. The first-order valence-electron chi connectivity index (χ1n) is 6.50. The van der Waals surface area contributed by atoms with Crippen molar-refractivity contribution >= 4 is 27.9 Å². The van der Waals surface area contributed by atoms with E-state index in [4.69, 9.17) is 10.00 Å². The normalized spacial score (nSPS) is 10.9. The van der Waals surface area contributed by atoms with Crippen molar-refractivity contribution in [2.75, 3.05) is 13.7 Å². The Labute approximate surface area is 132 Å². The predicted octanol–water partition coefficient (Wildman–Crippen LogP) is 2.99. The Morgan fingerprint density at radius 1 is 1.57 bits per heavy atom. The minimum absolute atomic E-state index is 0.00532. The van der Waals surface area contributed by atoms with E-state index in [9.17, 15) is 9.90 Å². The first-order chi connectivity index (χ1) is 10.0. The summed E-state index contributed by atoms with van der Waals surface area (Å²) in [4.78, 5) is 11.9. The Balaban J connectivity index is 3.01. The number of nitrogens with one attached hydrogen (secondary N) is 1. The Morgan fingerprint density at radius 3 is 2.86 bits per heavy atom. The van der Waals surface area contributed by atoms with Crippen LogP contribution in [0.4, 0.5) is 0 Å². The van der Waals surface area contributed by atoms with Gasteiger partial charge in [0.1, 0.15) is 11.6 Å². The number of nitrogens with zero attached hydrogens (tertiary/aromatic N) is 1. The summed E-state index contributed by atoms with van der Waals surface area (Å²) in [7, 11) is 1.43. The minimum atomic E-state index is -0.408. The molecule has 21 heavy (non-hydrogen) atoms. The number of nitriles is 1. The van der Waals surface area contributed by atoms with Crippen LogP contribution in [-0.4, -0.2) is 24.7 Å². The monoisotopic (exact) mass is 352 g/mol. The largest absolute Gasteiger partial charge is 0.503 e. The van der Waals surface area contributed by atoms with Gasteiger partial charge in [0.05, 0.1) is 11.6 Å². The first-order valence-corrected chi connectivity index (χ1v) is 7.29. The van der Waals surface area contributed by atoms with E-state index in [2.05, 4.69) is 21.2 Å². The van der Waals surface area contributed by atoms with Crippen molar-refractivity contribution < 1.29 is 14.6 Å². The van der Waals surface area contributed by atoms with Gasteiger partial charge in [0.25, 0.3) is 5.91 Å². The molecule has 0 aromatic heterocycles. The molecule has 0 bridgehead atoms. The molecule has 1 aromatic rings. The lowest BCUT2D eigenvalue weighted by Crippen LogP contribution is -2.25. The Hall–Kier alpha value is -2.00. The second-order valence-corrected chi connectivity index (χ2v) is 5.19. The summed E-state index contributed by atoms with van der Waals surface area (Å²) < 4.78 is 5.46. The molecule has 1 aromatic carbocycles. The van der Waals surface area contributed by atoms with Crippen molar-refractivity contribution in [2.45, 2.75) is 19.8 Å². The zero-order chi connectivity index (χ0) is 15.8. The van der Waals surface area contributed by atoms with Crippen LogP contribution in [0.15, 0.2) is 22.2 Å². The second kappa shape index (κ2) is 8.32. The molecule has 0 fully saturated rings. The first kappa shape index (κ1) is 17.1. The standard InChI is InChI=1S/C15H17BrN2O3/c1-3-4-5-18-15(20)11(9-17)6-10-7-12(16)14(19)13(8-10)21-2/h6-8,19H,3-5H2,1-2H3,(H,18,20). The zero-order valence-corrected chi connectivity index (χ0v) is 13.5. The molecule has 0 spiro atoms. The third kappa shape index (κ3) is 4.80. The van der Waals surface area contributed by atoms with Crippen LogP contribution in [0, 0.1) is 11.3 Å². The molecule has 5 nitrogen and oxygen atoms in total. The molecule has 0 atom stereocenters. The number of halogens is 1. The maximum absolute atomic E-state index is 11.9.